The van der Waals surface area contributed by atoms with Gasteiger partial charge in [0.25, 0.3) is 0 Å². The molecule has 0 bridgehead atoms. The van der Waals surface area contributed by atoms with Gasteiger partial charge in [0.05, 0.1) is 6.54 Å². The molecule has 2 N–H and O–H groups in total. The first-order valence-corrected chi connectivity index (χ1v) is 4.23. The molecule has 0 fully saturated rings. The minimum atomic E-state index is 0.759. The van der Waals surface area contributed by atoms with E-state index in [2.05, 4.69) is 24.0 Å². The first kappa shape index (κ1) is 7.35. The van der Waals surface area contributed by atoms with Crippen molar-refractivity contribution >= 4 is 11.9 Å². The number of nitrogens with zero attached hydrogens (tertiary/aromatic N) is 1. The van der Waals surface area contributed by atoms with Crippen molar-refractivity contribution in [1.29, 1.82) is 0 Å². The van der Waals surface area contributed by atoms with Gasteiger partial charge in [-0.05, 0) is 17.5 Å². The van der Waals surface area contributed by atoms with Crippen LogP contribution in [0.5, 0.6) is 0 Å². The van der Waals surface area contributed by atoms with E-state index in [4.69, 9.17) is 5.73 Å². The van der Waals surface area contributed by atoms with Gasteiger partial charge in [0, 0.05) is 17.5 Å². The molecule has 0 amide bonds. The van der Waals surface area contributed by atoms with Crippen molar-refractivity contribution in [3.63, 3.8) is 0 Å². The van der Waals surface area contributed by atoms with Crippen molar-refractivity contribution in [3.05, 3.63) is 28.8 Å². The first-order valence-electron chi connectivity index (χ1n) is 4.23. The summed E-state index contributed by atoms with van der Waals surface area (Å²) in [5.74, 6) is 0. The minimum Gasteiger partial charge on any atom is -0.398 e. The zero-order valence-electron chi connectivity index (χ0n) is 7.17. The molecule has 2 nitrogen and oxygen atoms in total. The maximum atomic E-state index is 5.97. The highest BCUT2D eigenvalue weighted by Crippen LogP contribution is 2.25. The summed E-state index contributed by atoms with van der Waals surface area (Å²) in [4.78, 5) is 4.18. The largest absolute Gasteiger partial charge is 0.398 e. The Morgan fingerprint density at radius 1 is 1.50 bits per heavy atom. The Morgan fingerprint density at radius 2 is 2.33 bits per heavy atom. The van der Waals surface area contributed by atoms with Gasteiger partial charge < -0.3 is 5.73 Å². The number of benzene rings is 1. The quantitative estimate of drug-likeness (QED) is 0.624. The maximum Gasteiger partial charge on any atom is 0.0666 e. The maximum absolute atomic E-state index is 5.97. The van der Waals surface area contributed by atoms with Gasteiger partial charge in [-0.25, -0.2) is 0 Å². The van der Waals surface area contributed by atoms with Crippen LogP contribution in [-0.4, -0.2) is 6.21 Å². The predicted octanol–water partition coefficient (Wildman–Crippen LogP) is 1.76. The lowest BCUT2D eigenvalue weighted by Crippen LogP contribution is -1.99. The summed E-state index contributed by atoms with van der Waals surface area (Å²) in [5.41, 5.74) is 10.5. The molecule has 1 aliphatic heterocycles. The second-order valence-corrected chi connectivity index (χ2v) is 3.03. The van der Waals surface area contributed by atoms with Gasteiger partial charge in [-0.2, -0.15) is 0 Å². The second kappa shape index (κ2) is 2.63. The first-order chi connectivity index (χ1) is 5.83. The third kappa shape index (κ3) is 0.916. The molecule has 0 radical (unpaired) electrons. The predicted molar refractivity (Wildman–Crippen MR) is 51.5 cm³/mol. The summed E-state index contributed by atoms with van der Waals surface area (Å²) in [7, 11) is 0. The number of aliphatic imine (C=N–C) groups is 1. The lowest BCUT2D eigenvalue weighted by atomic mass is 10.0. The number of hydrogen-bond acceptors (Lipinski definition) is 2. The molecular weight excluding hydrogens is 148 g/mol. The third-order valence-electron chi connectivity index (χ3n) is 2.34. The lowest BCUT2D eigenvalue weighted by Gasteiger charge is -2.07. The van der Waals surface area contributed by atoms with Crippen LogP contribution in [0.3, 0.4) is 0 Å². The molecule has 1 aromatic rings. The van der Waals surface area contributed by atoms with Crippen molar-refractivity contribution in [2.24, 2.45) is 4.99 Å². The van der Waals surface area contributed by atoms with Crippen LogP contribution in [0.15, 0.2) is 17.1 Å². The minimum absolute atomic E-state index is 0.759. The van der Waals surface area contributed by atoms with E-state index in [0.29, 0.717) is 0 Å². The van der Waals surface area contributed by atoms with Crippen molar-refractivity contribution in [1.82, 2.24) is 0 Å². The Hall–Kier alpha value is -1.31. The van der Waals surface area contributed by atoms with E-state index in [9.17, 15) is 0 Å². The van der Waals surface area contributed by atoms with Crippen LogP contribution < -0.4 is 5.73 Å². The van der Waals surface area contributed by atoms with Crippen molar-refractivity contribution in [3.8, 4) is 0 Å². The van der Waals surface area contributed by atoms with Crippen molar-refractivity contribution in [2.45, 2.75) is 19.9 Å². The van der Waals surface area contributed by atoms with Gasteiger partial charge in [-0.1, -0.05) is 19.1 Å². The Labute approximate surface area is 72.1 Å². The van der Waals surface area contributed by atoms with Crippen LogP contribution in [0, 0.1) is 0 Å². The van der Waals surface area contributed by atoms with E-state index in [1.807, 2.05) is 6.21 Å². The van der Waals surface area contributed by atoms with Crippen molar-refractivity contribution < 1.29 is 0 Å². The monoisotopic (exact) mass is 160 g/mol. The average molecular weight is 160 g/mol. The number of nitrogen functional groups attached to an aromatic ring is 1. The number of fused-ring (bicyclic) bond motifs is 1. The number of anilines is 1. The Bertz CT molecular complexity index is 340. The summed E-state index contributed by atoms with van der Waals surface area (Å²) < 4.78 is 0. The molecule has 1 aliphatic rings. The van der Waals surface area contributed by atoms with Crippen LogP contribution >= 0.6 is 0 Å². The van der Waals surface area contributed by atoms with E-state index in [1.165, 1.54) is 16.7 Å². The molecule has 1 heterocycles. The average Bonchev–Trinajstić information content (AvgIpc) is 2.53. The van der Waals surface area contributed by atoms with E-state index < -0.39 is 0 Å². The fraction of sp³-hybridized carbons (Fsp3) is 0.300. The number of rotatable bonds is 1. The Morgan fingerprint density at radius 3 is 3.08 bits per heavy atom. The van der Waals surface area contributed by atoms with Gasteiger partial charge in [0.2, 0.25) is 0 Å². The van der Waals surface area contributed by atoms with E-state index in [1.54, 1.807) is 0 Å². The molecule has 0 saturated carbocycles. The lowest BCUT2D eigenvalue weighted by molar-refractivity contribution is 1.08. The SMILES string of the molecule is CCc1ccc2c(c1N)CN=C2. The Kier molecular flexibility index (Phi) is 1.61. The summed E-state index contributed by atoms with van der Waals surface area (Å²) in [5, 5.41) is 0. The molecule has 2 rings (SSSR count). The highest BCUT2D eigenvalue weighted by Gasteiger charge is 2.11. The molecule has 2 heteroatoms. The molecule has 0 saturated heterocycles. The van der Waals surface area contributed by atoms with Crippen LogP contribution in [0.4, 0.5) is 5.69 Å². The third-order valence-corrected chi connectivity index (χ3v) is 2.34. The molecule has 1 aromatic carbocycles. The van der Waals surface area contributed by atoms with Crippen LogP contribution in [-0.2, 0) is 13.0 Å². The van der Waals surface area contributed by atoms with Gasteiger partial charge >= 0.3 is 0 Å². The van der Waals surface area contributed by atoms with Crippen LogP contribution in [0.2, 0.25) is 0 Å². The molecule has 0 unspecified atom stereocenters. The fourth-order valence-electron chi connectivity index (χ4n) is 1.57. The van der Waals surface area contributed by atoms with Gasteiger partial charge in [0.1, 0.15) is 0 Å². The summed E-state index contributed by atoms with van der Waals surface area (Å²) >= 11 is 0. The van der Waals surface area contributed by atoms with Crippen molar-refractivity contribution in [2.75, 3.05) is 5.73 Å². The topological polar surface area (TPSA) is 38.4 Å². The molecule has 0 atom stereocenters. The normalized spacial score (nSPS) is 13.4. The molecule has 0 aromatic heterocycles. The number of aryl methyl sites for hydroxylation is 1. The van der Waals surface area contributed by atoms with E-state index in [0.717, 1.165) is 18.7 Å². The summed E-state index contributed by atoms with van der Waals surface area (Å²) in [6.45, 7) is 2.88. The number of hydrogen-bond donors (Lipinski definition) is 1. The highest BCUT2D eigenvalue weighted by atomic mass is 14.7. The highest BCUT2D eigenvalue weighted by molar-refractivity contribution is 5.87. The van der Waals surface area contributed by atoms with Crippen LogP contribution in [0.25, 0.3) is 0 Å². The van der Waals surface area contributed by atoms with Gasteiger partial charge in [0.15, 0.2) is 0 Å². The molecular formula is C10H12N2. The second-order valence-electron chi connectivity index (χ2n) is 3.03. The van der Waals surface area contributed by atoms with Gasteiger partial charge in [-0.15, -0.1) is 0 Å². The molecule has 62 valence electrons. The number of nitrogens with two attached hydrogens (primary N) is 1. The Balaban J connectivity index is 2.57. The van der Waals surface area contributed by atoms with E-state index in [-0.39, 0.29) is 0 Å². The van der Waals surface area contributed by atoms with Crippen LogP contribution in [0.1, 0.15) is 23.6 Å². The van der Waals surface area contributed by atoms with E-state index >= 15 is 0 Å². The zero-order chi connectivity index (χ0) is 8.55. The fourth-order valence-corrected chi connectivity index (χ4v) is 1.57. The summed E-state index contributed by atoms with van der Waals surface area (Å²) in [6.07, 6.45) is 2.89. The zero-order valence-corrected chi connectivity index (χ0v) is 7.17. The van der Waals surface area contributed by atoms with Gasteiger partial charge in [-0.3, -0.25) is 4.99 Å². The summed E-state index contributed by atoms with van der Waals surface area (Å²) in [6, 6.07) is 4.19. The smallest absolute Gasteiger partial charge is 0.0666 e. The standard InChI is InChI=1S/C10H12N2/c1-2-7-3-4-8-5-12-6-9(8)10(7)11/h3-5H,2,6,11H2,1H3. The molecule has 0 spiro atoms. The molecule has 0 aliphatic carbocycles. The molecule has 12 heavy (non-hydrogen) atoms.